The quantitative estimate of drug-likeness (QED) is 0.502. The molecule has 34 heavy (non-hydrogen) atoms. The van der Waals surface area contributed by atoms with Crippen LogP contribution in [0.4, 0.5) is 19.0 Å². The van der Waals surface area contributed by atoms with E-state index in [-0.39, 0.29) is 23.9 Å². The maximum Gasteiger partial charge on any atom is 0.394 e. The van der Waals surface area contributed by atoms with Gasteiger partial charge in [0, 0.05) is 23.6 Å². The lowest BCUT2D eigenvalue weighted by molar-refractivity contribution is -0.178. The number of alkyl halides is 3. The summed E-state index contributed by atoms with van der Waals surface area (Å²) in [6.45, 7) is 10.5. The Balaban J connectivity index is 1.77. The number of amides is 1. The smallest absolute Gasteiger partial charge is 0.394 e. The van der Waals surface area contributed by atoms with Crippen molar-refractivity contribution in [1.29, 1.82) is 0 Å². The van der Waals surface area contributed by atoms with E-state index in [9.17, 15) is 22.8 Å². The molecule has 0 radical (unpaired) electrons. The second-order valence-electron chi connectivity index (χ2n) is 9.93. The van der Waals surface area contributed by atoms with E-state index in [0.717, 1.165) is 16.3 Å². The molecule has 0 spiro atoms. The van der Waals surface area contributed by atoms with Crippen molar-refractivity contribution < 1.29 is 22.4 Å². The highest BCUT2D eigenvalue weighted by molar-refractivity contribution is 8.00. The molecule has 1 amide bonds. The van der Waals surface area contributed by atoms with Crippen molar-refractivity contribution in [3.63, 3.8) is 0 Å². The van der Waals surface area contributed by atoms with E-state index in [2.05, 4.69) is 44.2 Å². The molecule has 186 valence electrons. The molecule has 0 saturated carbocycles. The lowest BCUT2D eigenvalue weighted by atomic mass is 10.0. The minimum atomic E-state index is -4.47. The highest BCUT2D eigenvalue weighted by atomic mass is 32.2. The van der Waals surface area contributed by atoms with E-state index < -0.39 is 42.6 Å². The maximum atomic E-state index is 13.9. The van der Waals surface area contributed by atoms with Crippen LogP contribution in [-0.2, 0) is 4.43 Å². The van der Waals surface area contributed by atoms with E-state index >= 15 is 0 Å². The summed E-state index contributed by atoms with van der Waals surface area (Å²) in [5.41, 5.74) is -0.467. The van der Waals surface area contributed by atoms with Crippen LogP contribution in [0.2, 0.25) is 18.1 Å². The van der Waals surface area contributed by atoms with Gasteiger partial charge < -0.3 is 9.74 Å². The summed E-state index contributed by atoms with van der Waals surface area (Å²) in [7, 11) is -2.12. The van der Waals surface area contributed by atoms with Gasteiger partial charge in [0.1, 0.15) is 5.82 Å². The molecule has 1 N–H and O–H groups in total. The van der Waals surface area contributed by atoms with Crippen LogP contribution in [0.15, 0.2) is 47.4 Å². The largest absolute Gasteiger partial charge is 0.416 e. The Labute approximate surface area is 202 Å². The molecule has 0 bridgehead atoms. The number of carbonyl (C=O) groups is 1. The molecular weight excluding hydrogens is 483 g/mol. The van der Waals surface area contributed by atoms with E-state index in [4.69, 9.17) is 4.43 Å². The zero-order valence-corrected chi connectivity index (χ0v) is 21.7. The number of halogens is 3. The molecule has 6 nitrogen and oxygen atoms in total. The van der Waals surface area contributed by atoms with Crippen molar-refractivity contribution in [2.75, 3.05) is 11.9 Å². The number of benzene rings is 1. The number of hydrogen-bond acceptors (Lipinski definition) is 5. The third-order valence-electron chi connectivity index (χ3n) is 6.43. The van der Waals surface area contributed by atoms with Gasteiger partial charge in [0.25, 0.3) is 5.91 Å². The summed E-state index contributed by atoms with van der Waals surface area (Å²) in [6, 6.07) is 9.70. The third kappa shape index (κ3) is 6.11. The number of nitrogens with zero attached hydrogens (tertiary/aromatic N) is 2. The van der Waals surface area contributed by atoms with Gasteiger partial charge in [-0.25, -0.2) is 4.79 Å². The average Bonchev–Trinajstić information content (AvgIpc) is 3.17. The van der Waals surface area contributed by atoms with Crippen molar-refractivity contribution in [1.82, 2.24) is 9.55 Å². The van der Waals surface area contributed by atoms with Crippen LogP contribution in [0, 0.1) is 5.92 Å². The number of carbonyl (C=O) groups excluding carboxylic acids is 1. The molecule has 0 unspecified atom stereocenters. The van der Waals surface area contributed by atoms with Crippen molar-refractivity contribution in [3.8, 4) is 0 Å². The van der Waals surface area contributed by atoms with Crippen LogP contribution in [0.3, 0.4) is 0 Å². The summed E-state index contributed by atoms with van der Waals surface area (Å²) in [6.07, 6.45) is -3.33. The molecule has 1 aliphatic rings. The van der Waals surface area contributed by atoms with Crippen LogP contribution >= 0.6 is 11.8 Å². The minimum absolute atomic E-state index is 0.0144. The standard InChI is InChI=1S/C23H30F3N3O3SSi/c1-22(2,3)34(4,5)32-14-16-13-17(23(24,25)26)20(33-16)29-12-11-18(28-21(29)31)27-19(30)15-9-7-6-8-10-15/h6-12,16-17,20H,13-14H2,1-5H3,(H,27,28,30,31)/t16-,17+,20-/m1/s1. The Bertz CT molecular complexity index is 1070. The molecule has 1 saturated heterocycles. The summed E-state index contributed by atoms with van der Waals surface area (Å²) in [5.74, 6) is -2.18. The lowest BCUT2D eigenvalue weighted by Crippen LogP contribution is -2.42. The Morgan fingerprint density at radius 2 is 1.85 bits per heavy atom. The van der Waals surface area contributed by atoms with Crippen molar-refractivity contribution in [2.24, 2.45) is 5.92 Å². The Hall–Kier alpha value is -2.11. The van der Waals surface area contributed by atoms with Crippen LogP contribution in [0.1, 0.15) is 42.9 Å². The fraction of sp³-hybridized carbons (Fsp3) is 0.522. The molecule has 1 aliphatic heterocycles. The van der Waals surface area contributed by atoms with Crippen LogP contribution in [-0.4, -0.2) is 41.8 Å². The van der Waals surface area contributed by atoms with Gasteiger partial charge in [-0.15, -0.1) is 11.8 Å². The number of thioether (sulfide) groups is 1. The summed E-state index contributed by atoms with van der Waals surface area (Å²) < 4.78 is 48.8. The predicted octanol–water partition coefficient (Wildman–Crippen LogP) is 5.70. The Morgan fingerprint density at radius 1 is 1.21 bits per heavy atom. The summed E-state index contributed by atoms with van der Waals surface area (Å²) in [4.78, 5) is 28.8. The van der Waals surface area contributed by atoms with Gasteiger partial charge in [0.2, 0.25) is 0 Å². The molecule has 3 rings (SSSR count). The first kappa shape index (κ1) is 26.5. The second kappa shape index (κ2) is 9.86. The minimum Gasteiger partial charge on any atom is -0.416 e. The topological polar surface area (TPSA) is 73.2 Å². The van der Waals surface area contributed by atoms with Crippen LogP contribution in [0.5, 0.6) is 0 Å². The van der Waals surface area contributed by atoms with Gasteiger partial charge in [-0.05, 0) is 42.8 Å². The molecule has 2 heterocycles. The number of rotatable bonds is 6. The normalized spacial score (nSPS) is 21.5. The zero-order valence-electron chi connectivity index (χ0n) is 19.8. The fourth-order valence-corrected chi connectivity index (χ4v) is 6.16. The first-order chi connectivity index (χ1) is 15.7. The zero-order chi connectivity index (χ0) is 25.3. The molecule has 2 aromatic rings. The predicted molar refractivity (Wildman–Crippen MR) is 131 cm³/mol. The lowest BCUT2D eigenvalue weighted by Gasteiger charge is -2.36. The molecule has 11 heteroatoms. The van der Waals surface area contributed by atoms with Gasteiger partial charge in [0.05, 0.1) is 11.3 Å². The van der Waals surface area contributed by atoms with E-state index in [0.29, 0.717) is 5.56 Å². The highest BCUT2D eigenvalue weighted by Gasteiger charge is 2.52. The second-order valence-corrected chi connectivity index (χ2v) is 16.2. The Morgan fingerprint density at radius 3 is 2.41 bits per heavy atom. The first-order valence-electron chi connectivity index (χ1n) is 11.0. The van der Waals surface area contributed by atoms with Crippen molar-refractivity contribution in [2.45, 2.75) is 62.1 Å². The summed E-state index contributed by atoms with van der Waals surface area (Å²) >= 11 is 1.09. The average molecular weight is 514 g/mol. The van der Waals surface area contributed by atoms with Gasteiger partial charge in [0.15, 0.2) is 8.32 Å². The summed E-state index contributed by atoms with van der Waals surface area (Å²) in [5, 5.41) is 0.915. The molecule has 0 aliphatic carbocycles. The first-order valence-corrected chi connectivity index (χ1v) is 14.9. The molecule has 1 fully saturated rings. The maximum absolute atomic E-state index is 13.9. The fourth-order valence-electron chi connectivity index (χ4n) is 3.38. The van der Waals surface area contributed by atoms with Gasteiger partial charge in [-0.3, -0.25) is 9.36 Å². The highest BCUT2D eigenvalue weighted by Crippen LogP contribution is 2.52. The van der Waals surface area contributed by atoms with Gasteiger partial charge >= 0.3 is 11.9 Å². The molecule has 1 aromatic carbocycles. The number of aromatic nitrogens is 2. The van der Waals surface area contributed by atoms with Crippen molar-refractivity contribution in [3.05, 3.63) is 58.6 Å². The molecular formula is C23H30F3N3O3SSi. The Kier molecular flexibility index (Phi) is 7.69. The van der Waals surface area contributed by atoms with Crippen LogP contribution in [0.25, 0.3) is 0 Å². The van der Waals surface area contributed by atoms with E-state index in [1.54, 1.807) is 30.3 Å². The van der Waals surface area contributed by atoms with Gasteiger partial charge in [-0.1, -0.05) is 39.0 Å². The van der Waals surface area contributed by atoms with Gasteiger partial charge in [-0.2, -0.15) is 18.2 Å². The molecule has 3 atom stereocenters. The SMILES string of the molecule is CC(C)(C)[Si](C)(C)OC[C@H]1C[C@H](C(F)(F)F)[C@H](n2ccc(NC(=O)c3ccccc3)nc2=O)S1. The van der Waals surface area contributed by atoms with Crippen LogP contribution < -0.4 is 11.0 Å². The number of anilines is 1. The third-order valence-corrected chi connectivity index (χ3v) is 12.5. The van der Waals surface area contributed by atoms with Crippen molar-refractivity contribution >= 4 is 31.8 Å². The number of nitrogens with one attached hydrogen (secondary N) is 1. The van der Waals surface area contributed by atoms with E-state index in [1.165, 1.54) is 12.3 Å². The monoisotopic (exact) mass is 513 g/mol. The number of hydrogen-bond donors (Lipinski definition) is 1. The molecule has 1 aromatic heterocycles. The van der Waals surface area contributed by atoms with E-state index in [1.807, 2.05) is 0 Å².